The van der Waals surface area contributed by atoms with Crippen molar-refractivity contribution < 1.29 is 4.39 Å². The minimum atomic E-state index is -0.0197. The van der Waals surface area contributed by atoms with E-state index < -0.39 is 0 Å². The quantitative estimate of drug-likeness (QED) is 0.718. The Bertz CT molecular complexity index is 430. The fourth-order valence-electron chi connectivity index (χ4n) is 2.99. The summed E-state index contributed by atoms with van der Waals surface area (Å²) in [5.74, 6) is -0.0197. The van der Waals surface area contributed by atoms with Gasteiger partial charge >= 0.3 is 0 Å². The topological polar surface area (TPSA) is 15.3 Å². The first-order chi connectivity index (χ1) is 7.68. The van der Waals surface area contributed by atoms with Crippen LogP contribution in [-0.2, 0) is 6.42 Å². The van der Waals surface area contributed by atoms with Crippen LogP contribution >= 0.6 is 0 Å². The lowest BCUT2D eigenvalue weighted by atomic mass is 10.1. The molecule has 3 rings (SSSR count). The van der Waals surface area contributed by atoms with Crippen LogP contribution in [0.1, 0.15) is 18.1 Å². The van der Waals surface area contributed by atoms with Crippen LogP contribution in [0, 0.1) is 12.7 Å². The maximum atomic E-state index is 14.2. The van der Waals surface area contributed by atoms with Gasteiger partial charge in [0.05, 0.1) is 5.69 Å². The third-order valence-corrected chi connectivity index (χ3v) is 3.79. The Morgan fingerprint density at radius 2 is 2.19 bits per heavy atom. The van der Waals surface area contributed by atoms with E-state index in [1.54, 1.807) is 0 Å². The Kier molecular flexibility index (Phi) is 2.18. The number of benzene rings is 1. The maximum absolute atomic E-state index is 14.2. The standard InChI is InChI=1S/C13H17FN2/c1-8-3-4-10-5-11-7-15-6-9(2)16(11)13(10)12(8)14/h3-4,9,11,15H,5-7H2,1-2H3/t9-,11+/m1/s1. The molecule has 2 aliphatic heterocycles. The van der Waals surface area contributed by atoms with Crippen LogP contribution in [0.15, 0.2) is 12.1 Å². The zero-order chi connectivity index (χ0) is 11.3. The highest BCUT2D eigenvalue weighted by Crippen LogP contribution is 2.38. The molecule has 1 aromatic rings. The monoisotopic (exact) mass is 220 g/mol. The first kappa shape index (κ1) is 10.1. The highest BCUT2D eigenvalue weighted by atomic mass is 19.1. The summed E-state index contributed by atoms with van der Waals surface area (Å²) in [6.07, 6.45) is 0.976. The number of hydrogen-bond acceptors (Lipinski definition) is 2. The summed E-state index contributed by atoms with van der Waals surface area (Å²) in [6, 6.07) is 4.80. The number of nitrogens with one attached hydrogen (secondary N) is 1. The molecular weight excluding hydrogens is 203 g/mol. The van der Waals surface area contributed by atoms with Gasteiger partial charge in [-0.1, -0.05) is 12.1 Å². The van der Waals surface area contributed by atoms with Crippen molar-refractivity contribution in [2.75, 3.05) is 18.0 Å². The minimum Gasteiger partial charge on any atom is -0.360 e. The number of piperazine rings is 1. The lowest BCUT2D eigenvalue weighted by Gasteiger charge is -2.38. The lowest BCUT2D eigenvalue weighted by molar-refractivity contribution is 0.425. The zero-order valence-electron chi connectivity index (χ0n) is 9.76. The van der Waals surface area contributed by atoms with Crippen LogP contribution in [0.25, 0.3) is 0 Å². The molecule has 0 saturated carbocycles. The SMILES string of the molecule is Cc1ccc2c(c1F)N1[C@H](CNC[C@H]1C)C2. The number of halogens is 1. The zero-order valence-corrected chi connectivity index (χ0v) is 9.76. The maximum Gasteiger partial charge on any atom is 0.149 e. The fraction of sp³-hybridized carbons (Fsp3) is 0.538. The van der Waals surface area contributed by atoms with E-state index in [-0.39, 0.29) is 5.82 Å². The van der Waals surface area contributed by atoms with Gasteiger partial charge in [0.2, 0.25) is 0 Å². The van der Waals surface area contributed by atoms with Gasteiger partial charge in [-0.2, -0.15) is 0 Å². The first-order valence-electron chi connectivity index (χ1n) is 5.95. The summed E-state index contributed by atoms with van der Waals surface area (Å²) < 4.78 is 14.2. The van der Waals surface area contributed by atoms with E-state index in [0.717, 1.165) is 30.8 Å². The Balaban J connectivity index is 2.11. The molecule has 86 valence electrons. The van der Waals surface area contributed by atoms with Crippen LogP contribution in [-0.4, -0.2) is 25.2 Å². The van der Waals surface area contributed by atoms with Crippen molar-refractivity contribution in [2.45, 2.75) is 32.4 Å². The van der Waals surface area contributed by atoms with Gasteiger partial charge in [0, 0.05) is 25.2 Å². The number of aryl methyl sites for hydroxylation is 1. The molecule has 0 aliphatic carbocycles. The van der Waals surface area contributed by atoms with E-state index in [1.165, 1.54) is 5.56 Å². The van der Waals surface area contributed by atoms with Crippen molar-refractivity contribution in [2.24, 2.45) is 0 Å². The van der Waals surface area contributed by atoms with E-state index in [1.807, 2.05) is 13.0 Å². The fourth-order valence-corrected chi connectivity index (χ4v) is 2.99. The highest BCUT2D eigenvalue weighted by Gasteiger charge is 2.37. The first-order valence-corrected chi connectivity index (χ1v) is 5.95. The minimum absolute atomic E-state index is 0.0197. The number of rotatable bonds is 0. The molecule has 0 bridgehead atoms. The van der Waals surface area contributed by atoms with Gasteiger partial charge in [0.1, 0.15) is 5.82 Å². The molecule has 2 nitrogen and oxygen atoms in total. The summed E-state index contributed by atoms with van der Waals surface area (Å²) in [5.41, 5.74) is 2.78. The summed E-state index contributed by atoms with van der Waals surface area (Å²) in [4.78, 5) is 2.27. The van der Waals surface area contributed by atoms with Crippen LogP contribution in [0.4, 0.5) is 10.1 Å². The van der Waals surface area contributed by atoms with Crippen LogP contribution in [0.5, 0.6) is 0 Å². The molecule has 16 heavy (non-hydrogen) atoms. The van der Waals surface area contributed by atoms with E-state index in [2.05, 4.69) is 23.2 Å². The van der Waals surface area contributed by atoms with Crippen molar-refractivity contribution in [3.05, 3.63) is 29.1 Å². The summed E-state index contributed by atoms with van der Waals surface area (Å²) >= 11 is 0. The van der Waals surface area contributed by atoms with Gasteiger partial charge in [-0.05, 0) is 31.4 Å². The van der Waals surface area contributed by atoms with Crippen molar-refractivity contribution >= 4 is 5.69 Å². The number of anilines is 1. The van der Waals surface area contributed by atoms with Crippen molar-refractivity contribution in [1.82, 2.24) is 5.32 Å². The average molecular weight is 220 g/mol. The van der Waals surface area contributed by atoms with Gasteiger partial charge in [-0.3, -0.25) is 0 Å². The normalized spacial score (nSPS) is 27.8. The van der Waals surface area contributed by atoms with Crippen LogP contribution in [0.2, 0.25) is 0 Å². The molecule has 3 heteroatoms. The third-order valence-electron chi connectivity index (χ3n) is 3.79. The van der Waals surface area contributed by atoms with Gasteiger partial charge in [-0.15, -0.1) is 0 Å². The molecule has 2 heterocycles. The molecule has 0 aromatic heterocycles. The third kappa shape index (κ3) is 1.27. The molecule has 0 spiro atoms. The smallest absolute Gasteiger partial charge is 0.149 e. The largest absolute Gasteiger partial charge is 0.360 e. The van der Waals surface area contributed by atoms with E-state index in [4.69, 9.17) is 0 Å². The lowest BCUT2D eigenvalue weighted by Crippen LogP contribution is -2.55. The Labute approximate surface area is 95.4 Å². The second-order valence-electron chi connectivity index (χ2n) is 4.98. The summed E-state index contributed by atoms with van der Waals surface area (Å²) in [7, 11) is 0. The second kappa shape index (κ2) is 3.45. The second-order valence-corrected chi connectivity index (χ2v) is 4.98. The van der Waals surface area contributed by atoms with Gasteiger partial charge in [-0.25, -0.2) is 4.39 Å². The molecular formula is C13H17FN2. The molecule has 1 fully saturated rings. The highest BCUT2D eigenvalue weighted by molar-refractivity contribution is 5.63. The number of hydrogen-bond donors (Lipinski definition) is 1. The predicted octanol–water partition coefficient (Wildman–Crippen LogP) is 1.86. The van der Waals surface area contributed by atoms with E-state index in [0.29, 0.717) is 12.1 Å². The molecule has 1 aromatic carbocycles. The van der Waals surface area contributed by atoms with Crippen molar-refractivity contribution in [1.29, 1.82) is 0 Å². The molecule has 1 saturated heterocycles. The average Bonchev–Trinajstić information content (AvgIpc) is 2.64. The molecule has 2 atom stereocenters. The summed E-state index contributed by atoms with van der Waals surface area (Å²) in [6.45, 7) is 5.92. The Morgan fingerprint density at radius 3 is 3.00 bits per heavy atom. The number of nitrogens with zero attached hydrogens (tertiary/aromatic N) is 1. The van der Waals surface area contributed by atoms with Gasteiger partial charge in [0.15, 0.2) is 0 Å². The van der Waals surface area contributed by atoms with Crippen molar-refractivity contribution in [3.63, 3.8) is 0 Å². The molecule has 0 radical (unpaired) electrons. The van der Waals surface area contributed by atoms with Gasteiger partial charge in [0.25, 0.3) is 0 Å². The van der Waals surface area contributed by atoms with E-state index >= 15 is 0 Å². The van der Waals surface area contributed by atoms with Crippen LogP contribution < -0.4 is 10.2 Å². The van der Waals surface area contributed by atoms with Gasteiger partial charge < -0.3 is 10.2 Å². The molecule has 0 unspecified atom stereocenters. The summed E-state index contributed by atoms with van der Waals surface area (Å²) in [5, 5.41) is 3.41. The van der Waals surface area contributed by atoms with E-state index in [9.17, 15) is 4.39 Å². The predicted molar refractivity (Wildman–Crippen MR) is 63.4 cm³/mol. The van der Waals surface area contributed by atoms with Crippen molar-refractivity contribution in [3.8, 4) is 0 Å². The molecule has 2 aliphatic rings. The number of fused-ring (bicyclic) bond motifs is 3. The van der Waals surface area contributed by atoms with Crippen LogP contribution in [0.3, 0.4) is 0 Å². The molecule has 0 amide bonds. The Morgan fingerprint density at radius 1 is 1.38 bits per heavy atom. The molecule has 1 N–H and O–H groups in total. The Hall–Kier alpha value is -1.09.